The van der Waals surface area contributed by atoms with E-state index in [1.165, 1.54) is 42.5 Å². The van der Waals surface area contributed by atoms with Crippen LogP contribution in [0.2, 0.25) is 0 Å². The highest BCUT2D eigenvalue weighted by Gasteiger charge is 2.26. The molecule has 0 aliphatic carbocycles. The molecule has 10 N–H and O–H groups in total. The maximum absolute atomic E-state index is 12.8. The highest BCUT2D eigenvalue weighted by molar-refractivity contribution is 7.95. The lowest BCUT2D eigenvalue weighted by Crippen LogP contribution is -2.16. The SMILES string of the molecule is Nc1ccc(/N=N/c2ccc3cc(SOOO)c(/N=N/c4cc(S(=O)(=O)O)cc5cc(SOOO)c(/N=N/c6ccc(S(=O)(=O)CCOS(=O)(=O)O)cc6S(=O)(=O)O)c(O)c45)c(O)c3c2)cc1C(=O)O. The molecule has 0 bridgehead atoms. The van der Waals surface area contributed by atoms with Gasteiger partial charge in [-0.25, -0.2) is 27.9 Å². The average Bonchev–Trinajstić information content (AvgIpc) is 3.27. The van der Waals surface area contributed by atoms with Gasteiger partial charge in [-0.15, -0.1) is 29.1 Å². The second-order valence-electron chi connectivity index (χ2n) is 13.4. The highest BCUT2D eigenvalue weighted by atomic mass is 32.3. The van der Waals surface area contributed by atoms with Crippen LogP contribution in [0.5, 0.6) is 11.5 Å². The maximum Gasteiger partial charge on any atom is 0.397 e. The number of nitrogens with two attached hydrogens (primary N) is 1. The molecule has 0 unspecified atom stereocenters. The van der Waals surface area contributed by atoms with E-state index in [1.807, 2.05) is 0 Å². The lowest BCUT2D eigenvalue weighted by atomic mass is 10.1. The Morgan fingerprint density at radius 3 is 1.79 bits per heavy atom. The molecule has 0 heterocycles. The summed E-state index contributed by atoms with van der Waals surface area (Å²) < 4.78 is 139. The van der Waals surface area contributed by atoms with E-state index in [2.05, 4.69) is 53.6 Å². The van der Waals surface area contributed by atoms with Crippen molar-refractivity contribution in [1.82, 2.24) is 0 Å². The number of carboxylic acid groups (broad SMARTS) is 1. The lowest BCUT2D eigenvalue weighted by Gasteiger charge is -2.13. The average molecular weight is 1090 g/mol. The van der Waals surface area contributed by atoms with Gasteiger partial charge in [0.15, 0.2) is 21.3 Å². The molecule has 0 fully saturated rings. The Morgan fingerprint density at radius 2 is 1.20 bits per heavy atom. The summed E-state index contributed by atoms with van der Waals surface area (Å²) >= 11 is 0.376. The van der Waals surface area contributed by atoms with E-state index >= 15 is 0 Å². The van der Waals surface area contributed by atoms with Crippen LogP contribution in [-0.2, 0) is 63.4 Å². The van der Waals surface area contributed by atoms with Crippen molar-refractivity contribution in [3.8, 4) is 11.5 Å². The Labute approximate surface area is 400 Å². The van der Waals surface area contributed by atoms with Gasteiger partial charge in [-0.3, -0.25) is 13.7 Å². The van der Waals surface area contributed by atoms with Crippen LogP contribution in [0, 0.1) is 0 Å². The number of phenolic OH excluding ortho intramolecular Hbond substituents is 2. The van der Waals surface area contributed by atoms with Crippen LogP contribution in [0.3, 0.4) is 0 Å². The molecule has 35 heteroatoms. The topological polar surface area (TPSA) is 462 Å². The largest absolute Gasteiger partial charge is 0.505 e. The third-order valence-electron chi connectivity index (χ3n) is 8.96. The summed E-state index contributed by atoms with van der Waals surface area (Å²) in [6.07, 6.45) is 0. The second kappa shape index (κ2) is 21.3. The molecule has 6 aromatic rings. The molecule has 0 radical (unpaired) electrons. The minimum absolute atomic E-state index is 0.0131. The summed E-state index contributed by atoms with van der Waals surface area (Å²) in [4.78, 5) is 8.11. The van der Waals surface area contributed by atoms with Gasteiger partial charge in [-0.05, 0) is 83.6 Å². The molecule has 0 spiro atoms. The molecular weight excluding hydrogens is 1060 g/mol. The van der Waals surface area contributed by atoms with Gasteiger partial charge in [0, 0.05) is 11.1 Å². The van der Waals surface area contributed by atoms with Crippen LogP contribution in [0.1, 0.15) is 10.4 Å². The molecule has 370 valence electrons. The number of fused-ring (bicyclic) bond motifs is 2. The van der Waals surface area contributed by atoms with E-state index in [0.29, 0.717) is 12.1 Å². The zero-order valence-corrected chi connectivity index (χ0v) is 38.8. The Balaban J connectivity index is 1.50. The maximum atomic E-state index is 12.8. The number of anilines is 1. The first kappa shape index (κ1) is 53.0. The third kappa shape index (κ3) is 12.7. The Kier molecular flexibility index (Phi) is 16.1. The summed E-state index contributed by atoms with van der Waals surface area (Å²) in [6.45, 7) is -1.10. The molecule has 0 atom stereocenters. The molecule has 0 aromatic heterocycles. The van der Waals surface area contributed by atoms with Crippen molar-refractivity contribution in [2.24, 2.45) is 30.7 Å². The van der Waals surface area contributed by atoms with Crippen LogP contribution >= 0.6 is 24.1 Å². The van der Waals surface area contributed by atoms with Crippen LogP contribution in [0.15, 0.2) is 134 Å². The minimum Gasteiger partial charge on any atom is -0.505 e. The van der Waals surface area contributed by atoms with Crippen molar-refractivity contribution in [3.05, 3.63) is 84.4 Å². The molecule has 0 saturated carbocycles. The Morgan fingerprint density at radius 1 is 0.614 bits per heavy atom. The zero-order valence-electron chi connectivity index (χ0n) is 33.9. The predicted octanol–water partition coefficient (Wildman–Crippen LogP) is 7.87. The van der Waals surface area contributed by atoms with Gasteiger partial charge in [0.25, 0.3) is 20.2 Å². The molecule has 0 amide bonds. The first-order valence-electron chi connectivity index (χ1n) is 18.1. The fraction of sp³-hybridized carbons (Fsp3) is 0.0571. The smallest absolute Gasteiger partial charge is 0.397 e. The Hall–Kier alpha value is -6.39. The Bertz CT molecular complexity index is 3640. The van der Waals surface area contributed by atoms with Crippen LogP contribution in [-0.4, -0.2) is 91.5 Å². The summed E-state index contributed by atoms with van der Waals surface area (Å²) in [6, 6.07) is 13.9. The van der Waals surface area contributed by atoms with Gasteiger partial charge < -0.3 is 21.1 Å². The van der Waals surface area contributed by atoms with E-state index in [-0.39, 0.29) is 67.8 Å². The number of azo groups is 3. The number of nitrogens with zero attached hydrogens (tertiary/aromatic N) is 6. The van der Waals surface area contributed by atoms with Gasteiger partial charge >= 0.3 is 16.4 Å². The number of carbonyl (C=O) groups is 1. The molecule has 0 saturated heterocycles. The van der Waals surface area contributed by atoms with Crippen molar-refractivity contribution < 1.29 is 101 Å². The third-order valence-corrected chi connectivity index (χ3v) is 14.1. The van der Waals surface area contributed by atoms with Crippen LogP contribution in [0.4, 0.5) is 39.8 Å². The number of hydrogen-bond donors (Lipinski definition) is 9. The molecular formula is C35H27N7O22S6. The first-order valence-corrected chi connectivity index (χ1v) is 25.4. The molecule has 6 aromatic carbocycles. The van der Waals surface area contributed by atoms with E-state index in [9.17, 15) is 62.9 Å². The number of phenols is 2. The quantitative estimate of drug-likeness (QED) is 0.00876. The number of hydrogen-bond acceptors (Lipinski definition) is 27. The normalized spacial score (nSPS) is 12.9. The van der Waals surface area contributed by atoms with E-state index in [4.69, 9.17) is 20.8 Å². The van der Waals surface area contributed by atoms with Crippen molar-refractivity contribution in [3.63, 3.8) is 0 Å². The first-order chi connectivity index (χ1) is 32.8. The van der Waals surface area contributed by atoms with Gasteiger partial charge in [-0.1, -0.05) is 16.1 Å². The molecule has 6 rings (SSSR count). The number of nitrogen functional groups attached to an aromatic ring is 1. The number of benzene rings is 6. The van der Waals surface area contributed by atoms with Gasteiger partial charge in [-0.2, -0.15) is 35.5 Å². The van der Waals surface area contributed by atoms with Crippen LogP contribution < -0.4 is 5.73 Å². The van der Waals surface area contributed by atoms with E-state index in [0.717, 1.165) is 24.3 Å². The summed E-state index contributed by atoms with van der Waals surface area (Å²) in [5.41, 5.74) is 3.03. The van der Waals surface area contributed by atoms with Gasteiger partial charge in [0.05, 0.1) is 84.0 Å². The highest BCUT2D eigenvalue weighted by Crippen LogP contribution is 2.50. The minimum atomic E-state index is -5.37. The lowest BCUT2D eigenvalue weighted by molar-refractivity contribution is -0.432. The summed E-state index contributed by atoms with van der Waals surface area (Å²) in [5.74, 6) is -4.10. The van der Waals surface area contributed by atoms with Crippen molar-refractivity contribution >= 4 is 132 Å². The van der Waals surface area contributed by atoms with E-state index in [1.54, 1.807) is 0 Å². The van der Waals surface area contributed by atoms with Crippen molar-refractivity contribution in [1.29, 1.82) is 0 Å². The monoisotopic (exact) mass is 1090 g/mol. The van der Waals surface area contributed by atoms with Gasteiger partial charge in [0.2, 0.25) is 0 Å². The molecule has 0 aliphatic heterocycles. The number of sulfone groups is 1. The predicted molar refractivity (Wildman–Crippen MR) is 239 cm³/mol. The van der Waals surface area contributed by atoms with Crippen molar-refractivity contribution in [2.75, 3.05) is 18.1 Å². The molecule has 29 nitrogen and oxygen atoms in total. The fourth-order valence-corrected chi connectivity index (χ4v) is 9.70. The number of rotatable bonds is 20. The second-order valence-corrected chi connectivity index (χ2v) is 20.9. The molecule has 0 aliphatic rings. The fourth-order valence-electron chi connectivity index (χ4n) is 5.94. The zero-order chi connectivity index (χ0) is 51.3. The van der Waals surface area contributed by atoms with Crippen LogP contribution in [0.25, 0.3) is 21.5 Å². The number of aromatic carboxylic acids is 1. The number of carboxylic acids is 1. The van der Waals surface area contributed by atoms with Gasteiger partial charge in [0.1, 0.15) is 22.0 Å². The summed E-state index contributed by atoms with van der Waals surface area (Å²) in [7, 11) is -20.1. The van der Waals surface area contributed by atoms with Crippen molar-refractivity contribution in [2.45, 2.75) is 24.5 Å². The molecule has 70 heavy (non-hydrogen) atoms. The number of aromatic hydroxyl groups is 2. The summed E-state index contributed by atoms with van der Waals surface area (Å²) in [5, 5.41) is 81.1. The van der Waals surface area contributed by atoms with E-state index < -0.39 is 118 Å². The standard InChI is InChI=1S/C35H27N7O22S6/c36-24-5-3-19(13-23(24)35(45)46)38-37-18-2-1-16-10-27(65-63-61-47)31(33(43)22(16)12-18)41-40-26-14-21(68(51,52)53)9-17-11-28(66-64-62-48)32(34(44)30(17)26)42-39-25-6-4-20(15-29(25)69(54,55)56)67(49,50)8-7-60-70(57,58)59/h1-6,9-15,43-44,47-48H,7-8,36H2,(H,45,46)(H,51,52,53)(H,54,55,56)(H,57,58,59)/b38-37+,41-40+,42-39+.